The summed E-state index contributed by atoms with van der Waals surface area (Å²) in [7, 11) is 0. The number of likely N-dealkylation sites (tertiary alicyclic amines) is 2. The predicted octanol–water partition coefficient (Wildman–Crippen LogP) is 3.03. The summed E-state index contributed by atoms with van der Waals surface area (Å²) in [4.78, 5) is 48.0. The van der Waals surface area contributed by atoms with E-state index in [2.05, 4.69) is 55.4 Å². The molecule has 6 N–H and O–H groups in total. The molecule has 5 aliphatic rings. The van der Waals surface area contributed by atoms with Gasteiger partial charge in [0.05, 0.1) is 22.1 Å². The lowest BCUT2D eigenvalue weighted by Gasteiger charge is -2.44. The molecule has 2 atom stereocenters. The van der Waals surface area contributed by atoms with Crippen molar-refractivity contribution in [3.63, 3.8) is 0 Å². The largest absolute Gasteiger partial charge is 0.394 e. The van der Waals surface area contributed by atoms with E-state index < -0.39 is 6.04 Å². The van der Waals surface area contributed by atoms with Gasteiger partial charge in [-0.3, -0.25) is 24.6 Å². The zero-order valence-corrected chi connectivity index (χ0v) is 31.7. The first-order valence-electron chi connectivity index (χ1n) is 19.1. The minimum Gasteiger partial charge on any atom is -0.394 e. The molecule has 5 saturated heterocycles. The monoisotopic (exact) mass is 754 g/mol. The highest BCUT2D eigenvalue weighted by Gasteiger charge is 2.44. The highest BCUT2D eigenvalue weighted by molar-refractivity contribution is 6.32. The molecule has 0 aliphatic carbocycles. The number of halogens is 1. The molecule has 5 fully saturated rings. The van der Waals surface area contributed by atoms with E-state index in [0.29, 0.717) is 54.3 Å². The molecule has 3 amide bonds. The van der Waals surface area contributed by atoms with Crippen LogP contribution in [0.3, 0.4) is 0 Å². The van der Waals surface area contributed by atoms with Crippen LogP contribution in [-0.4, -0.2) is 110 Å². The van der Waals surface area contributed by atoms with Crippen molar-refractivity contribution in [2.75, 3.05) is 80.6 Å². The third-order valence-electron chi connectivity index (χ3n) is 12.0. The van der Waals surface area contributed by atoms with Crippen molar-refractivity contribution in [3.8, 4) is 6.07 Å². The molecule has 7 rings (SSSR count). The number of piperazine rings is 1. The maximum absolute atomic E-state index is 13.1. The zero-order chi connectivity index (χ0) is 38.0. The van der Waals surface area contributed by atoms with Gasteiger partial charge in [-0.25, -0.2) is 0 Å². The van der Waals surface area contributed by atoms with Gasteiger partial charge in [0.25, 0.3) is 5.91 Å². The summed E-state index contributed by atoms with van der Waals surface area (Å²) in [5.41, 5.74) is 16.7. The van der Waals surface area contributed by atoms with Crippen molar-refractivity contribution in [3.05, 3.63) is 76.7 Å². The second kappa shape index (κ2) is 15.8. The summed E-state index contributed by atoms with van der Waals surface area (Å²) in [6.45, 7) is 10.9. The van der Waals surface area contributed by atoms with E-state index in [4.69, 9.17) is 23.1 Å². The molecule has 1 spiro atoms. The number of carbonyl (C=O) groups excluding carboxylic acids is 3. The first-order chi connectivity index (χ1) is 26.0. The first kappa shape index (κ1) is 37.4. The van der Waals surface area contributed by atoms with E-state index in [1.807, 2.05) is 29.2 Å². The normalized spacial score (nSPS) is 24.0. The number of allylic oxidation sites excluding steroid dienone is 2. The number of nitrogens with two attached hydrogens (primary N) is 2. The predicted molar refractivity (Wildman–Crippen MR) is 210 cm³/mol. The average Bonchev–Trinajstić information content (AvgIpc) is 3.47. The summed E-state index contributed by atoms with van der Waals surface area (Å²) in [6.07, 6.45) is 7.39. The Bertz CT molecular complexity index is 1850. The van der Waals surface area contributed by atoms with Crippen LogP contribution >= 0.6 is 11.6 Å². The maximum Gasteiger partial charge on any atom is 0.269 e. The van der Waals surface area contributed by atoms with Gasteiger partial charge in [0, 0.05) is 101 Å². The fourth-order valence-corrected chi connectivity index (χ4v) is 9.02. The fraction of sp³-hybridized carbons (Fsp3) is 0.500. The van der Waals surface area contributed by atoms with E-state index in [1.54, 1.807) is 18.2 Å². The molecule has 286 valence electrons. The Kier molecular flexibility index (Phi) is 10.9. The molecule has 2 aromatic carbocycles. The molecule has 0 aromatic heterocycles. The van der Waals surface area contributed by atoms with Gasteiger partial charge in [-0.15, -0.1) is 0 Å². The fourth-order valence-electron chi connectivity index (χ4n) is 8.80. The van der Waals surface area contributed by atoms with Gasteiger partial charge in [0.2, 0.25) is 11.8 Å². The lowest BCUT2D eigenvalue weighted by atomic mass is 9.77. The molecular formula is C40H51ClN10O3. The van der Waals surface area contributed by atoms with Gasteiger partial charge in [-0.05, 0) is 86.6 Å². The van der Waals surface area contributed by atoms with E-state index in [9.17, 15) is 19.6 Å². The molecule has 14 heteroatoms. The molecule has 0 saturated carbocycles. The first-order valence-corrected chi connectivity index (χ1v) is 19.5. The van der Waals surface area contributed by atoms with Gasteiger partial charge >= 0.3 is 0 Å². The third-order valence-corrected chi connectivity index (χ3v) is 12.3. The maximum atomic E-state index is 13.1. The molecule has 0 radical (unpaired) electrons. The second-order valence-electron chi connectivity index (χ2n) is 15.7. The Morgan fingerprint density at radius 1 is 1.02 bits per heavy atom. The van der Waals surface area contributed by atoms with Crippen LogP contribution in [0.2, 0.25) is 5.02 Å². The Balaban J connectivity index is 0.823. The summed E-state index contributed by atoms with van der Waals surface area (Å²) < 4.78 is 0. The van der Waals surface area contributed by atoms with E-state index >= 15 is 0 Å². The standard InChI is InChI=1S/C40H51ClN10O3/c1-27-21-40(26-51(27)32-6-5-29(22-42)33(41)20-32)11-13-49(14-12-40)36(44)9-7-34(43)39(54)50-24-28(25-50)23-47-15-17-48(18-16-47)31-4-2-3-30(19-31)45-35-8-10-37(52)46-38(35)53/h2-7,9,19-20,27-28,35,45H,8,10-18,21,23-26,43-44H2,1H3,(H,46,52,53)/b34-7-,36-9+/t27-,35?/m0/s1. The lowest BCUT2D eigenvalue weighted by molar-refractivity contribution is -0.134. The van der Waals surface area contributed by atoms with Crippen LogP contribution in [0.4, 0.5) is 17.1 Å². The van der Waals surface area contributed by atoms with Crippen LogP contribution in [0, 0.1) is 22.7 Å². The minimum atomic E-state index is -0.407. The van der Waals surface area contributed by atoms with Crippen molar-refractivity contribution in [2.45, 2.75) is 51.1 Å². The number of imide groups is 1. The third kappa shape index (κ3) is 8.25. The number of hydrogen-bond acceptors (Lipinski definition) is 11. The lowest BCUT2D eigenvalue weighted by Crippen LogP contribution is -2.57. The molecule has 13 nitrogen and oxygen atoms in total. The van der Waals surface area contributed by atoms with Crippen molar-refractivity contribution in [1.82, 2.24) is 20.0 Å². The van der Waals surface area contributed by atoms with Crippen LogP contribution in [0.15, 0.2) is 66.1 Å². The van der Waals surface area contributed by atoms with Crippen molar-refractivity contribution in [1.29, 1.82) is 5.26 Å². The molecule has 54 heavy (non-hydrogen) atoms. The van der Waals surface area contributed by atoms with Crippen molar-refractivity contribution >= 4 is 46.4 Å². The van der Waals surface area contributed by atoms with Crippen molar-refractivity contribution < 1.29 is 14.4 Å². The molecule has 1 unspecified atom stereocenters. The number of amides is 3. The van der Waals surface area contributed by atoms with Crippen LogP contribution < -0.4 is 31.9 Å². The van der Waals surface area contributed by atoms with Crippen LogP contribution in [-0.2, 0) is 14.4 Å². The summed E-state index contributed by atoms with van der Waals surface area (Å²) in [5.74, 6) is 0.403. The number of nitriles is 1. The number of hydrogen-bond donors (Lipinski definition) is 4. The zero-order valence-electron chi connectivity index (χ0n) is 31.0. The van der Waals surface area contributed by atoms with E-state index in [0.717, 1.165) is 88.7 Å². The molecule has 2 aromatic rings. The van der Waals surface area contributed by atoms with Gasteiger partial charge in [-0.1, -0.05) is 17.7 Å². The topological polar surface area (TPSA) is 167 Å². The van der Waals surface area contributed by atoms with Crippen LogP contribution in [0.5, 0.6) is 0 Å². The van der Waals surface area contributed by atoms with Crippen molar-refractivity contribution in [2.24, 2.45) is 22.8 Å². The molecule has 0 bridgehead atoms. The van der Waals surface area contributed by atoms with Gasteiger partial charge < -0.3 is 36.4 Å². The number of nitrogens with zero attached hydrogens (tertiary/aromatic N) is 6. The quantitative estimate of drug-likeness (QED) is 0.169. The molecule has 5 heterocycles. The Morgan fingerprint density at radius 3 is 2.48 bits per heavy atom. The number of anilines is 3. The number of benzene rings is 2. The summed E-state index contributed by atoms with van der Waals surface area (Å²) >= 11 is 6.35. The van der Waals surface area contributed by atoms with Gasteiger partial charge in [-0.2, -0.15) is 5.26 Å². The Hall–Kier alpha value is -4.93. The SMILES string of the molecule is C[C@H]1CC2(CCN(/C(N)=C/C=C(\N)C(=O)N3CC(CN4CCN(c5cccc(NC6CCC(=O)NC6=O)c5)CC4)C3)CC2)CN1c1ccc(C#N)c(Cl)c1. The van der Waals surface area contributed by atoms with Gasteiger partial charge in [0.1, 0.15) is 12.1 Å². The number of nitrogens with one attached hydrogen (secondary N) is 2. The van der Waals surface area contributed by atoms with Gasteiger partial charge in [0.15, 0.2) is 0 Å². The second-order valence-corrected chi connectivity index (χ2v) is 16.1. The van der Waals surface area contributed by atoms with E-state index in [-0.39, 0.29) is 28.8 Å². The Labute approximate surface area is 322 Å². The minimum absolute atomic E-state index is 0.147. The highest BCUT2D eigenvalue weighted by Crippen LogP contribution is 2.45. The highest BCUT2D eigenvalue weighted by atomic mass is 35.5. The van der Waals surface area contributed by atoms with Crippen LogP contribution in [0.1, 0.15) is 44.6 Å². The average molecular weight is 755 g/mol. The molecule has 5 aliphatic heterocycles. The smallest absolute Gasteiger partial charge is 0.269 e. The van der Waals surface area contributed by atoms with E-state index in [1.165, 1.54) is 0 Å². The molecular weight excluding hydrogens is 704 g/mol. The number of rotatable bonds is 9. The summed E-state index contributed by atoms with van der Waals surface area (Å²) in [5, 5.41) is 15.4. The number of carbonyl (C=O) groups is 3. The summed E-state index contributed by atoms with van der Waals surface area (Å²) in [6, 6.07) is 15.9. The number of piperidine rings is 2. The Morgan fingerprint density at radius 2 is 1.78 bits per heavy atom. The van der Waals surface area contributed by atoms with Crippen LogP contribution in [0.25, 0.3) is 0 Å².